The molecule has 0 spiro atoms. The van der Waals surface area contributed by atoms with Crippen LogP contribution in [0.5, 0.6) is 0 Å². The van der Waals surface area contributed by atoms with Crippen molar-refractivity contribution in [2.75, 3.05) is 0 Å². The van der Waals surface area contributed by atoms with Gasteiger partial charge in [0.1, 0.15) is 0 Å². The molecule has 2 aromatic heterocycles. The summed E-state index contributed by atoms with van der Waals surface area (Å²) in [5, 5.41) is 5.18. The molecule has 2 heterocycles. The molecule has 0 aliphatic carbocycles. The first kappa shape index (κ1) is 24.7. The van der Waals surface area contributed by atoms with Crippen molar-refractivity contribution in [3.05, 3.63) is 120 Å². The highest BCUT2D eigenvalue weighted by molar-refractivity contribution is 6.16. The molecular formula is C38H36N2. The lowest BCUT2D eigenvalue weighted by atomic mass is 9.85. The van der Waals surface area contributed by atoms with Crippen LogP contribution in [0.2, 0.25) is 0 Å². The second kappa shape index (κ2) is 8.60. The average molecular weight is 521 g/mol. The summed E-state index contributed by atoms with van der Waals surface area (Å²) in [4.78, 5) is 0. The van der Waals surface area contributed by atoms with Gasteiger partial charge < -0.3 is 9.13 Å². The molecule has 0 fully saturated rings. The van der Waals surface area contributed by atoms with E-state index in [0.29, 0.717) is 0 Å². The summed E-state index contributed by atoms with van der Waals surface area (Å²) < 4.78 is 4.89. The third-order valence-electron chi connectivity index (χ3n) is 8.43. The van der Waals surface area contributed by atoms with Crippen molar-refractivity contribution in [1.29, 1.82) is 0 Å². The van der Waals surface area contributed by atoms with Gasteiger partial charge in [-0.15, -0.1) is 0 Å². The number of aromatic nitrogens is 2. The normalized spacial score (nSPS) is 12.8. The third-order valence-corrected chi connectivity index (χ3v) is 8.43. The van der Waals surface area contributed by atoms with Crippen molar-refractivity contribution in [2.45, 2.75) is 52.4 Å². The standard InChI is InChI=1S/C38H36N2/c1-37(2,3)25-19-21-32-29(23-25)30-24-26(38(4,5)6)20-22-33(30)40(32)35-18-12-17-34-36(35)28-15-10-11-16-31(28)39(34)27-13-8-7-9-14-27/h7-24H,1-6H3. The predicted molar refractivity (Wildman–Crippen MR) is 173 cm³/mol. The molecule has 40 heavy (non-hydrogen) atoms. The highest BCUT2D eigenvalue weighted by Gasteiger charge is 2.23. The average Bonchev–Trinajstić information content (AvgIpc) is 3.45. The van der Waals surface area contributed by atoms with E-state index in [0.717, 1.165) is 0 Å². The summed E-state index contributed by atoms with van der Waals surface area (Å²) in [5.41, 5.74) is 10.2. The van der Waals surface area contributed by atoms with Crippen LogP contribution >= 0.6 is 0 Å². The largest absolute Gasteiger partial charge is 0.309 e. The molecule has 2 heteroatoms. The predicted octanol–water partition coefficient (Wildman–Crippen LogP) is 10.5. The first-order valence-electron chi connectivity index (χ1n) is 14.3. The quantitative estimate of drug-likeness (QED) is 0.215. The van der Waals surface area contributed by atoms with Crippen molar-refractivity contribution in [2.24, 2.45) is 0 Å². The number of nitrogens with zero attached hydrogens (tertiary/aromatic N) is 2. The van der Waals surface area contributed by atoms with E-state index in [1.807, 2.05) is 0 Å². The van der Waals surface area contributed by atoms with Gasteiger partial charge in [-0.05, 0) is 76.6 Å². The Kier molecular flexibility index (Phi) is 5.31. The van der Waals surface area contributed by atoms with Crippen LogP contribution < -0.4 is 0 Å². The summed E-state index contributed by atoms with van der Waals surface area (Å²) in [6.45, 7) is 13.8. The maximum atomic E-state index is 2.49. The van der Waals surface area contributed by atoms with Gasteiger partial charge in [0, 0.05) is 27.2 Å². The fourth-order valence-electron chi connectivity index (χ4n) is 6.26. The second-order valence-electron chi connectivity index (χ2n) is 13.2. The van der Waals surface area contributed by atoms with Crippen molar-refractivity contribution in [3.8, 4) is 11.4 Å². The number of fused-ring (bicyclic) bond motifs is 6. The lowest BCUT2D eigenvalue weighted by Gasteiger charge is -2.19. The SMILES string of the molecule is CC(C)(C)c1ccc2c(c1)c1cc(C(C)(C)C)ccc1n2-c1cccc2c1c1ccccc1n2-c1ccccc1. The van der Waals surface area contributed by atoms with Crippen LogP contribution in [-0.2, 0) is 10.8 Å². The highest BCUT2D eigenvalue weighted by Crippen LogP contribution is 2.41. The van der Waals surface area contributed by atoms with E-state index in [-0.39, 0.29) is 10.8 Å². The Morgan fingerprint density at radius 2 is 0.950 bits per heavy atom. The molecule has 0 saturated carbocycles. The smallest absolute Gasteiger partial charge is 0.0562 e. The molecule has 0 N–H and O–H groups in total. The van der Waals surface area contributed by atoms with E-state index in [2.05, 4.69) is 160 Å². The molecule has 0 unspecified atom stereocenters. The highest BCUT2D eigenvalue weighted by atomic mass is 15.0. The summed E-state index contributed by atoms with van der Waals surface area (Å²) in [6.07, 6.45) is 0. The Morgan fingerprint density at radius 3 is 1.55 bits per heavy atom. The molecule has 0 bridgehead atoms. The number of benzene rings is 5. The zero-order valence-electron chi connectivity index (χ0n) is 24.3. The molecule has 7 rings (SSSR count). The van der Waals surface area contributed by atoms with Gasteiger partial charge in [-0.3, -0.25) is 0 Å². The zero-order chi connectivity index (χ0) is 27.8. The summed E-state index contributed by atoms with van der Waals surface area (Å²) in [7, 11) is 0. The molecule has 0 radical (unpaired) electrons. The van der Waals surface area contributed by atoms with Crippen molar-refractivity contribution < 1.29 is 0 Å². The minimum absolute atomic E-state index is 0.0768. The van der Waals surface area contributed by atoms with Crippen LogP contribution in [0.25, 0.3) is 55.0 Å². The molecule has 7 aromatic rings. The molecule has 2 nitrogen and oxygen atoms in total. The number of para-hydroxylation sites is 2. The van der Waals surface area contributed by atoms with Gasteiger partial charge in [0.25, 0.3) is 0 Å². The number of hydrogen-bond donors (Lipinski definition) is 0. The molecule has 0 aliphatic heterocycles. The first-order valence-corrected chi connectivity index (χ1v) is 14.3. The second-order valence-corrected chi connectivity index (χ2v) is 13.2. The Bertz CT molecular complexity index is 1980. The van der Waals surface area contributed by atoms with Gasteiger partial charge in [0.2, 0.25) is 0 Å². The molecule has 5 aromatic carbocycles. The summed E-state index contributed by atoms with van der Waals surface area (Å²) in [6, 6.07) is 40.4. The zero-order valence-corrected chi connectivity index (χ0v) is 24.3. The van der Waals surface area contributed by atoms with Crippen molar-refractivity contribution in [1.82, 2.24) is 9.13 Å². The lowest BCUT2D eigenvalue weighted by Crippen LogP contribution is -2.10. The van der Waals surface area contributed by atoms with Crippen molar-refractivity contribution >= 4 is 43.6 Å². The third kappa shape index (κ3) is 3.70. The van der Waals surface area contributed by atoms with Gasteiger partial charge in [-0.1, -0.05) is 96.1 Å². The van der Waals surface area contributed by atoms with E-state index >= 15 is 0 Å². The summed E-state index contributed by atoms with van der Waals surface area (Å²) >= 11 is 0. The van der Waals surface area contributed by atoms with E-state index in [1.54, 1.807) is 0 Å². The molecular weight excluding hydrogens is 484 g/mol. The van der Waals surface area contributed by atoms with Crippen molar-refractivity contribution in [3.63, 3.8) is 0 Å². The summed E-state index contributed by atoms with van der Waals surface area (Å²) in [5.74, 6) is 0. The van der Waals surface area contributed by atoms with Crippen LogP contribution in [0.1, 0.15) is 52.7 Å². The molecule has 0 aliphatic rings. The van der Waals surface area contributed by atoms with E-state index in [1.165, 1.54) is 66.1 Å². The van der Waals surface area contributed by atoms with Crippen LogP contribution in [0.15, 0.2) is 109 Å². The molecule has 198 valence electrons. The topological polar surface area (TPSA) is 9.86 Å². The van der Waals surface area contributed by atoms with Crippen LogP contribution in [0.3, 0.4) is 0 Å². The van der Waals surface area contributed by atoms with E-state index < -0.39 is 0 Å². The lowest BCUT2D eigenvalue weighted by molar-refractivity contribution is 0.590. The minimum atomic E-state index is 0.0768. The number of rotatable bonds is 2. The van der Waals surface area contributed by atoms with Gasteiger partial charge in [0.15, 0.2) is 0 Å². The molecule has 0 amide bonds. The Labute approximate surface area is 236 Å². The van der Waals surface area contributed by atoms with Crippen LogP contribution in [0, 0.1) is 0 Å². The fraction of sp³-hybridized carbons (Fsp3) is 0.211. The Balaban J connectivity index is 1.64. The first-order chi connectivity index (χ1) is 19.1. The van der Waals surface area contributed by atoms with Crippen LogP contribution in [0.4, 0.5) is 0 Å². The Hall–Kier alpha value is -4.30. The van der Waals surface area contributed by atoms with E-state index in [4.69, 9.17) is 0 Å². The van der Waals surface area contributed by atoms with Gasteiger partial charge in [0.05, 0.1) is 27.8 Å². The van der Waals surface area contributed by atoms with Crippen LogP contribution in [-0.4, -0.2) is 9.13 Å². The maximum absolute atomic E-state index is 2.49. The maximum Gasteiger partial charge on any atom is 0.0562 e. The Morgan fingerprint density at radius 1 is 0.425 bits per heavy atom. The molecule has 0 atom stereocenters. The number of hydrogen-bond acceptors (Lipinski definition) is 0. The van der Waals surface area contributed by atoms with Gasteiger partial charge >= 0.3 is 0 Å². The van der Waals surface area contributed by atoms with Gasteiger partial charge in [-0.25, -0.2) is 0 Å². The van der Waals surface area contributed by atoms with E-state index in [9.17, 15) is 0 Å². The minimum Gasteiger partial charge on any atom is -0.309 e. The van der Waals surface area contributed by atoms with Gasteiger partial charge in [-0.2, -0.15) is 0 Å². The fourth-order valence-corrected chi connectivity index (χ4v) is 6.26. The molecule has 0 saturated heterocycles. The monoisotopic (exact) mass is 520 g/mol.